The molecule has 0 spiro atoms. The number of hydrogen-bond acceptors (Lipinski definition) is 5. The van der Waals surface area contributed by atoms with E-state index in [1.165, 1.54) is 46.3 Å². The highest BCUT2D eigenvalue weighted by atomic mass is 16.5. The summed E-state index contributed by atoms with van der Waals surface area (Å²) in [6, 6.07) is 24.3. The van der Waals surface area contributed by atoms with Crippen molar-refractivity contribution >= 4 is 22.9 Å². The SMILES string of the molecule is CCN(CC)CCOc1ccc(CN(CCc2cn(C)c3ccccc23)C2CCc3cc(/C=C/C(=O)OC)ccc32)cc1. The van der Waals surface area contributed by atoms with Gasteiger partial charge in [0.25, 0.3) is 0 Å². The van der Waals surface area contributed by atoms with Crippen LogP contribution < -0.4 is 4.74 Å². The van der Waals surface area contributed by atoms with Crippen molar-refractivity contribution < 1.29 is 14.3 Å². The fourth-order valence-corrected chi connectivity index (χ4v) is 6.32. The van der Waals surface area contributed by atoms with Gasteiger partial charge in [-0.05, 0) is 84.4 Å². The van der Waals surface area contributed by atoms with Crippen LogP contribution in [-0.4, -0.2) is 60.2 Å². The van der Waals surface area contributed by atoms with Crippen LogP contribution in [0.3, 0.4) is 0 Å². The van der Waals surface area contributed by atoms with Crippen molar-refractivity contribution in [1.29, 1.82) is 0 Å². The van der Waals surface area contributed by atoms with E-state index < -0.39 is 0 Å². The third-order valence-corrected chi connectivity index (χ3v) is 8.79. The second-order valence-electron chi connectivity index (χ2n) is 11.4. The average molecular weight is 580 g/mol. The smallest absolute Gasteiger partial charge is 0.330 e. The summed E-state index contributed by atoms with van der Waals surface area (Å²) >= 11 is 0. The number of carbonyl (C=O) groups excluding carboxylic acids is 1. The molecule has 6 heteroatoms. The standard InChI is InChI=1S/C37H45N3O3/c1-5-39(6-2)23-24-43-32-16-11-29(12-17-32)26-40(22-21-31-27-38(3)35-10-8-7-9-33(31)35)36-19-15-30-25-28(13-18-34(30)36)14-20-37(41)42-4/h7-14,16-18,20,25,27,36H,5-6,15,19,21-24,26H2,1-4H3/b20-14+. The molecular weight excluding hydrogens is 534 g/mol. The number of esters is 1. The summed E-state index contributed by atoms with van der Waals surface area (Å²) in [6.45, 7) is 9.95. The van der Waals surface area contributed by atoms with Gasteiger partial charge in [0.1, 0.15) is 12.4 Å². The fourth-order valence-electron chi connectivity index (χ4n) is 6.32. The zero-order valence-electron chi connectivity index (χ0n) is 26.1. The van der Waals surface area contributed by atoms with Crippen LogP contribution >= 0.6 is 0 Å². The summed E-state index contributed by atoms with van der Waals surface area (Å²) in [5, 5.41) is 1.34. The van der Waals surface area contributed by atoms with E-state index in [1.54, 1.807) is 0 Å². The van der Waals surface area contributed by atoms with E-state index in [1.807, 2.05) is 6.08 Å². The van der Waals surface area contributed by atoms with Crippen LogP contribution in [0.25, 0.3) is 17.0 Å². The molecule has 0 amide bonds. The molecule has 0 fully saturated rings. The summed E-state index contributed by atoms with van der Waals surface area (Å²) in [4.78, 5) is 16.6. The molecule has 4 aromatic rings. The lowest BCUT2D eigenvalue weighted by atomic mass is 10.0. The van der Waals surface area contributed by atoms with Crippen LogP contribution in [0.15, 0.2) is 79.0 Å². The monoisotopic (exact) mass is 579 g/mol. The van der Waals surface area contributed by atoms with Gasteiger partial charge in [-0.15, -0.1) is 0 Å². The number of aromatic nitrogens is 1. The Morgan fingerprint density at radius 1 is 1.02 bits per heavy atom. The summed E-state index contributed by atoms with van der Waals surface area (Å²) in [6.07, 6.45) is 8.71. The van der Waals surface area contributed by atoms with E-state index in [-0.39, 0.29) is 5.97 Å². The number of para-hydroxylation sites is 1. The molecule has 5 rings (SSSR count). The largest absolute Gasteiger partial charge is 0.492 e. The maximum absolute atomic E-state index is 11.6. The van der Waals surface area contributed by atoms with Gasteiger partial charge in [-0.2, -0.15) is 0 Å². The van der Waals surface area contributed by atoms with Crippen molar-refractivity contribution in [3.8, 4) is 5.75 Å². The van der Waals surface area contributed by atoms with Crippen molar-refractivity contribution in [3.05, 3.63) is 107 Å². The first-order chi connectivity index (χ1) is 21.0. The predicted octanol–water partition coefficient (Wildman–Crippen LogP) is 6.82. The Hall–Kier alpha value is -3.87. The number of fused-ring (bicyclic) bond motifs is 2. The van der Waals surface area contributed by atoms with Crippen molar-refractivity contribution in [2.45, 2.75) is 45.7 Å². The Bertz CT molecular complexity index is 1530. The maximum atomic E-state index is 11.6. The summed E-state index contributed by atoms with van der Waals surface area (Å²) in [5.41, 5.74) is 7.75. The average Bonchev–Trinajstić information content (AvgIpc) is 3.61. The lowest BCUT2D eigenvalue weighted by molar-refractivity contribution is -0.134. The van der Waals surface area contributed by atoms with Crippen molar-refractivity contribution in [2.75, 3.05) is 39.9 Å². The molecule has 0 radical (unpaired) electrons. The molecule has 0 saturated carbocycles. The number of benzene rings is 3. The van der Waals surface area contributed by atoms with Gasteiger partial charge in [0.2, 0.25) is 0 Å². The predicted molar refractivity (Wildman–Crippen MR) is 175 cm³/mol. The number of nitrogens with zero attached hydrogens (tertiary/aromatic N) is 3. The van der Waals surface area contributed by atoms with Gasteiger partial charge in [0.15, 0.2) is 0 Å². The van der Waals surface area contributed by atoms with E-state index in [0.717, 1.165) is 63.3 Å². The number of carbonyl (C=O) groups is 1. The third-order valence-electron chi connectivity index (χ3n) is 8.79. The maximum Gasteiger partial charge on any atom is 0.330 e. The molecule has 1 unspecified atom stereocenters. The molecule has 6 nitrogen and oxygen atoms in total. The van der Waals surface area contributed by atoms with Crippen molar-refractivity contribution in [2.24, 2.45) is 7.05 Å². The van der Waals surface area contributed by atoms with Gasteiger partial charge >= 0.3 is 5.97 Å². The van der Waals surface area contributed by atoms with Gasteiger partial charge < -0.3 is 18.9 Å². The first kappa shape index (κ1) is 30.6. The van der Waals surface area contributed by atoms with Gasteiger partial charge in [0, 0.05) is 55.9 Å². The van der Waals surface area contributed by atoms with E-state index in [0.29, 0.717) is 12.6 Å². The molecule has 1 atom stereocenters. The molecule has 3 aromatic carbocycles. The topological polar surface area (TPSA) is 46.9 Å². The van der Waals surface area contributed by atoms with Crippen molar-refractivity contribution in [1.82, 2.24) is 14.4 Å². The molecule has 1 aliphatic carbocycles. The van der Waals surface area contributed by atoms with E-state index >= 15 is 0 Å². The number of ether oxygens (including phenoxy) is 2. The van der Waals surface area contributed by atoms with Crippen LogP contribution in [-0.2, 0) is 36.0 Å². The number of likely N-dealkylation sites (N-methyl/N-ethyl adjacent to an activating group) is 1. The van der Waals surface area contributed by atoms with Gasteiger partial charge in [-0.1, -0.05) is 62.4 Å². The van der Waals surface area contributed by atoms with Crippen LogP contribution in [0.4, 0.5) is 0 Å². The molecule has 1 aliphatic rings. The Kier molecular flexibility index (Phi) is 10.3. The third kappa shape index (κ3) is 7.56. The first-order valence-electron chi connectivity index (χ1n) is 15.6. The van der Waals surface area contributed by atoms with E-state index in [2.05, 4.69) is 108 Å². The van der Waals surface area contributed by atoms with Gasteiger partial charge in [-0.3, -0.25) is 4.90 Å². The number of methoxy groups -OCH3 is 1. The van der Waals surface area contributed by atoms with Crippen molar-refractivity contribution in [3.63, 3.8) is 0 Å². The molecule has 1 heterocycles. The van der Waals surface area contributed by atoms with Crippen LogP contribution in [0.2, 0.25) is 0 Å². The van der Waals surface area contributed by atoms with E-state index in [9.17, 15) is 4.79 Å². The minimum Gasteiger partial charge on any atom is -0.492 e. The molecule has 1 aromatic heterocycles. The highest BCUT2D eigenvalue weighted by molar-refractivity contribution is 5.87. The van der Waals surface area contributed by atoms with Crippen LogP contribution in [0.1, 0.15) is 54.1 Å². The Labute approximate surface area is 256 Å². The molecule has 43 heavy (non-hydrogen) atoms. The van der Waals surface area contributed by atoms with Crippen LogP contribution in [0, 0.1) is 0 Å². The second kappa shape index (κ2) is 14.5. The molecule has 0 saturated heterocycles. The molecule has 226 valence electrons. The molecule has 0 N–H and O–H groups in total. The number of hydrogen-bond donors (Lipinski definition) is 0. The van der Waals surface area contributed by atoms with E-state index in [4.69, 9.17) is 9.47 Å². The minimum absolute atomic E-state index is 0.335. The Balaban J connectivity index is 1.33. The highest BCUT2D eigenvalue weighted by Crippen LogP contribution is 2.38. The van der Waals surface area contributed by atoms with Gasteiger partial charge in [0.05, 0.1) is 7.11 Å². The summed E-state index contributed by atoms with van der Waals surface area (Å²) < 4.78 is 13.1. The highest BCUT2D eigenvalue weighted by Gasteiger charge is 2.28. The quantitative estimate of drug-likeness (QED) is 0.121. The van der Waals surface area contributed by atoms with Crippen LogP contribution in [0.5, 0.6) is 5.75 Å². The summed E-state index contributed by atoms with van der Waals surface area (Å²) in [7, 11) is 3.54. The normalized spacial score (nSPS) is 14.7. The molecule has 0 bridgehead atoms. The fraction of sp³-hybridized carbons (Fsp3) is 0.378. The zero-order valence-corrected chi connectivity index (χ0v) is 26.1. The molecule has 0 aliphatic heterocycles. The molecular formula is C37H45N3O3. The first-order valence-corrected chi connectivity index (χ1v) is 15.6. The number of rotatable bonds is 14. The lowest BCUT2D eigenvalue weighted by Crippen LogP contribution is -2.29. The second-order valence-corrected chi connectivity index (χ2v) is 11.4. The lowest BCUT2D eigenvalue weighted by Gasteiger charge is -2.30. The zero-order chi connectivity index (χ0) is 30.2. The summed E-state index contributed by atoms with van der Waals surface area (Å²) in [5.74, 6) is 0.593. The number of aryl methyl sites for hydroxylation is 2. The Morgan fingerprint density at radius 3 is 2.58 bits per heavy atom. The minimum atomic E-state index is -0.335. The van der Waals surface area contributed by atoms with Gasteiger partial charge in [-0.25, -0.2) is 4.79 Å². The Morgan fingerprint density at radius 2 is 1.81 bits per heavy atom.